The number of aromatic nitrogens is 2. The molecule has 1 atom stereocenters. The van der Waals surface area contributed by atoms with Crippen molar-refractivity contribution in [2.45, 2.75) is 44.2 Å². The molecule has 29 heavy (non-hydrogen) atoms. The van der Waals surface area contributed by atoms with Crippen molar-refractivity contribution in [2.24, 2.45) is 7.05 Å². The van der Waals surface area contributed by atoms with Crippen LogP contribution in [0.1, 0.15) is 35.7 Å². The summed E-state index contributed by atoms with van der Waals surface area (Å²) < 4.78 is 51.5. The minimum Gasteiger partial charge on any atom is -0.381 e. The Kier molecular flexibility index (Phi) is 5.52. The fourth-order valence-electron chi connectivity index (χ4n) is 4.30. The number of fused-ring (bicyclic) bond motifs is 1. The van der Waals surface area contributed by atoms with Crippen LogP contribution >= 0.6 is 12.2 Å². The minimum atomic E-state index is -1.16. The zero-order chi connectivity index (χ0) is 20.7. The number of carbonyl (C=O) groups is 1. The first-order valence-corrected chi connectivity index (χ1v) is 10.1. The highest BCUT2D eigenvalue weighted by Crippen LogP contribution is 2.36. The summed E-state index contributed by atoms with van der Waals surface area (Å²) in [6.07, 6.45) is 1.97. The smallest absolute Gasteiger partial charge is 0.226 e. The van der Waals surface area contributed by atoms with Gasteiger partial charge in [0, 0.05) is 55.7 Å². The number of rotatable bonds is 4. The van der Waals surface area contributed by atoms with Crippen molar-refractivity contribution in [2.75, 3.05) is 13.2 Å². The zero-order valence-corrected chi connectivity index (χ0v) is 16.8. The molecule has 1 fully saturated rings. The molecule has 2 aliphatic heterocycles. The molecule has 0 saturated carbocycles. The second-order valence-electron chi connectivity index (χ2n) is 7.63. The molecule has 0 unspecified atom stereocenters. The lowest BCUT2D eigenvalue weighted by Crippen LogP contribution is -2.40. The summed E-state index contributed by atoms with van der Waals surface area (Å²) in [5.41, 5.74) is 1.23. The number of imidazole rings is 1. The van der Waals surface area contributed by atoms with E-state index in [-0.39, 0.29) is 30.5 Å². The lowest BCUT2D eigenvalue weighted by molar-refractivity contribution is -0.121. The Morgan fingerprint density at radius 2 is 1.93 bits per heavy atom. The van der Waals surface area contributed by atoms with Gasteiger partial charge in [-0.1, -0.05) is 0 Å². The van der Waals surface area contributed by atoms with Crippen molar-refractivity contribution in [3.8, 4) is 0 Å². The summed E-state index contributed by atoms with van der Waals surface area (Å²) in [4.78, 5) is 12.6. The van der Waals surface area contributed by atoms with Crippen LogP contribution < -0.4 is 5.32 Å². The van der Waals surface area contributed by atoms with E-state index < -0.39 is 23.4 Å². The summed E-state index contributed by atoms with van der Waals surface area (Å²) in [7, 11) is 1.78. The lowest BCUT2D eigenvalue weighted by Gasteiger charge is -2.23. The van der Waals surface area contributed by atoms with Gasteiger partial charge in [-0.05, 0) is 43.6 Å². The Bertz CT molecular complexity index is 1010. The van der Waals surface area contributed by atoms with Gasteiger partial charge in [-0.3, -0.25) is 4.79 Å². The molecule has 5 nitrogen and oxygen atoms in total. The van der Waals surface area contributed by atoms with Crippen LogP contribution in [0.5, 0.6) is 0 Å². The molecule has 0 radical (unpaired) electrons. The van der Waals surface area contributed by atoms with Crippen molar-refractivity contribution in [3.63, 3.8) is 0 Å². The third-order valence-corrected chi connectivity index (χ3v) is 6.32. The predicted octanol–water partition coefficient (Wildman–Crippen LogP) is 3.15. The average Bonchev–Trinajstić information content (AvgIpc) is 3.21. The second kappa shape index (κ2) is 7.95. The van der Waals surface area contributed by atoms with Crippen molar-refractivity contribution < 1.29 is 22.7 Å². The van der Waals surface area contributed by atoms with Crippen molar-refractivity contribution >= 4 is 18.1 Å². The lowest BCUT2D eigenvalue weighted by atomic mass is 9.95. The van der Waals surface area contributed by atoms with Crippen molar-refractivity contribution in [1.29, 1.82) is 0 Å². The number of amides is 1. The van der Waals surface area contributed by atoms with E-state index in [0.717, 1.165) is 36.4 Å². The van der Waals surface area contributed by atoms with Crippen LogP contribution in [0, 0.1) is 22.2 Å². The molecule has 156 valence electrons. The number of hydrogen-bond donors (Lipinski definition) is 1. The van der Waals surface area contributed by atoms with E-state index in [1.165, 1.54) is 0 Å². The third kappa shape index (κ3) is 3.73. The molecule has 1 saturated heterocycles. The number of hydrogen-bond acceptors (Lipinski definition) is 3. The van der Waals surface area contributed by atoms with Gasteiger partial charge in [0.2, 0.25) is 5.91 Å². The first-order chi connectivity index (χ1) is 13.9. The maximum atomic E-state index is 14.3. The van der Waals surface area contributed by atoms with Gasteiger partial charge in [-0.25, -0.2) is 13.2 Å². The van der Waals surface area contributed by atoms with E-state index in [1.54, 1.807) is 16.2 Å². The molecule has 0 spiro atoms. The summed E-state index contributed by atoms with van der Waals surface area (Å²) in [6, 6.07) is 1.81. The molecule has 1 aromatic heterocycles. The first-order valence-electron chi connectivity index (χ1n) is 9.64. The molecule has 2 aliphatic rings. The Labute approximate surface area is 171 Å². The number of carbonyl (C=O) groups excluding carboxylic acids is 1. The Morgan fingerprint density at radius 3 is 2.66 bits per heavy atom. The van der Waals surface area contributed by atoms with Gasteiger partial charge < -0.3 is 19.2 Å². The van der Waals surface area contributed by atoms with Crippen LogP contribution in [-0.2, 0) is 36.0 Å². The molecule has 9 heteroatoms. The molecular formula is C20H22F3N3O2S. The highest BCUT2D eigenvalue weighted by molar-refractivity contribution is 7.71. The summed E-state index contributed by atoms with van der Waals surface area (Å²) in [5.74, 6) is -3.69. The Hall–Kier alpha value is -2.13. The number of ether oxygens (including phenoxy) is 1. The predicted molar refractivity (Wildman–Crippen MR) is 103 cm³/mol. The monoisotopic (exact) mass is 425 g/mol. The fourth-order valence-corrected chi connectivity index (χ4v) is 4.59. The molecule has 0 aliphatic carbocycles. The number of nitrogens with zero attached hydrogens (tertiary/aromatic N) is 2. The van der Waals surface area contributed by atoms with Crippen LogP contribution in [0.3, 0.4) is 0 Å². The summed E-state index contributed by atoms with van der Waals surface area (Å²) >= 11 is 5.47. The van der Waals surface area contributed by atoms with Gasteiger partial charge >= 0.3 is 0 Å². The second-order valence-corrected chi connectivity index (χ2v) is 8.00. The van der Waals surface area contributed by atoms with Crippen molar-refractivity contribution in [1.82, 2.24) is 14.5 Å². The number of benzene rings is 1. The highest BCUT2D eigenvalue weighted by atomic mass is 32.1. The van der Waals surface area contributed by atoms with Crippen LogP contribution in [0.2, 0.25) is 0 Å². The summed E-state index contributed by atoms with van der Waals surface area (Å²) in [6.45, 7) is 1.51. The largest absolute Gasteiger partial charge is 0.381 e. The number of halogens is 3. The van der Waals surface area contributed by atoms with E-state index in [4.69, 9.17) is 17.0 Å². The van der Waals surface area contributed by atoms with Gasteiger partial charge in [-0.15, -0.1) is 0 Å². The van der Waals surface area contributed by atoms with E-state index in [2.05, 4.69) is 5.32 Å². The molecule has 1 amide bonds. The fraction of sp³-hybridized carbons (Fsp3) is 0.500. The molecule has 4 rings (SSSR count). The van der Waals surface area contributed by atoms with Gasteiger partial charge in [0.25, 0.3) is 0 Å². The molecule has 1 aromatic carbocycles. The maximum absolute atomic E-state index is 14.3. The molecular weight excluding hydrogens is 403 g/mol. The van der Waals surface area contributed by atoms with E-state index in [1.807, 2.05) is 0 Å². The topological polar surface area (TPSA) is 48.2 Å². The van der Waals surface area contributed by atoms with Crippen LogP contribution in [-0.4, -0.2) is 34.3 Å². The average molecular weight is 425 g/mol. The summed E-state index contributed by atoms with van der Waals surface area (Å²) in [5, 5.41) is 3.02. The van der Waals surface area contributed by atoms with Crippen molar-refractivity contribution in [3.05, 3.63) is 51.3 Å². The van der Waals surface area contributed by atoms with Gasteiger partial charge in [0.1, 0.15) is 5.82 Å². The molecule has 0 bridgehead atoms. The van der Waals surface area contributed by atoms with Crippen LogP contribution in [0.25, 0.3) is 0 Å². The standard InChI is InChI=1S/C20H22F3N3O2S/c1-25-15(9-17(27)24-12-4-6-28-7-5-12)16-8-11(10-26(16)20(25)29)18-13(21)2-3-14(22)19(18)23/h2-3,11-12H,4-10H2,1H3,(H,24,27)/t11-/m1/s1. The highest BCUT2D eigenvalue weighted by Gasteiger charge is 2.33. The molecule has 2 aromatic rings. The maximum Gasteiger partial charge on any atom is 0.226 e. The first kappa shape index (κ1) is 20.2. The van der Waals surface area contributed by atoms with Crippen LogP contribution in [0.15, 0.2) is 12.1 Å². The zero-order valence-electron chi connectivity index (χ0n) is 16.0. The van der Waals surface area contributed by atoms with Gasteiger partial charge in [0.15, 0.2) is 16.4 Å². The third-order valence-electron chi connectivity index (χ3n) is 5.83. The van der Waals surface area contributed by atoms with E-state index in [0.29, 0.717) is 24.4 Å². The SMILES string of the molecule is Cn1c(CC(=O)NC2CCOCC2)c2n(c1=S)C[C@H](c1c(F)ccc(F)c1F)C2. The van der Waals surface area contributed by atoms with E-state index >= 15 is 0 Å². The quantitative estimate of drug-likeness (QED) is 0.605. The minimum absolute atomic E-state index is 0.0865. The van der Waals surface area contributed by atoms with E-state index in [9.17, 15) is 18.0 Å². The molecule has 3 heterocycles. The van der Waals surface area contributed by atoms with Crippen LogP contribution in [0.4, 0.5) is 13.2 Å². The normalized spacial score (nSPS) is 19.4. The van der Waals surface area contributed by atoms with Gasteiger partial charge in [-0.2, -0.15) is 0 Å². The number of nitrogens with one attached hydrogen (secondary N) is 1. The Morgan fingerprint density at radius 1 is 1.24 bits per heavy atom. The molecule has 1 N–H and O–H groups in total. The Balaban J connectivity index is 1.57. The van der Waals surface area contributed by atoms with Gasteiger partial charge in [0.05, 0.1) is 6.42 Å².